The Morgan fingerprint density at radius 2 is 0.762 bits per heavy atom. The molecule has 0 N–H and O–H groups in total. The molecule has 42 heavy (non-hydrogen) atoms. The molecule has 0 spiro atoms. The predicted octanol–water partition coefficient (Wildman–Crippen LogP) is 6.43. The van der Waals surface area contributed by atoms with Gasteiger partial charge in [0.05, 0.1) is 23.3 Å². The van der Waals surface area contributed by atoms with E-state index >= 15 is 0 Å². The van der Waals surface area contributed by atoms with Crippen LogP contribution in [-0.4, -0.2) is 29.9 Å². The summed E-state index contributed by atoms with van der Waals surface area (Å²) < 4.78 is 0. The Balaban J connectivity index is 0.00000267. The summed E-state index contributed by atoms with van der Waals surface area (Å²) >= 11 is 0. The molecule has 7 aromatic rings. The van der Waals surface area contributed by atoms with Crippen LogP contribution in [0.5, 0.6) is 0 Å². The van der Waals surface area contributed by atoms with Crippen molar-refractivity contribution in [1.82, 2.24) is 39.9 Å². The molecule has 0 fully saturated rings. The molecule has 8 nitrogen and oxygen atoms in total. The third kappa shape index (κ3) is 3.61. The summed E-state index contributed by atoms with van der Waals surface area (Å²) in [5.74, 6) is 2.21. The second-order valence-electron chi connectivity index (χ2n) is 10.2. The van der Waals surface area contributed by atoms with Gasteiger partial charge in [-0.2, -0.15) is 0 Å². The van der Waals surface area contributed by atoms with Crippen molar-refractivity contribution in [2.75, 3.05) is 0 Å². The van der Waals surface area contributed by atoms with Crippen LogP contribution >= 0.6 is 0 Å². The SMILES string of the molecule is Cc1ccc2c3nc4nc(nc5[n-]c(nc6nc(nc([n-]3)c2c1)-c1ccccc1-6)c1ccccc51)-c1ccccc1-4.[Cu+2]. The Bertz CT molecular complexity index is 2400. The molecule has 0 amide bonds. The second kappa shape index (κ2) is 9.14. The molecule has 2 aliphatic heterocycles. The van der Waals surface area contributed by atoms with Crippen LogP contribution in [-0.2, 0) is 17.1 Å². The van der Waals surface area contributed by atoms with Gasteiger partial charge in [-0.1, -0.05) is 96.6 Å². The molecule has 4 aromatic carbocycles. The summed E-state index contributed by atoms with van der Waals surface area (Å²) in [5, 5.41) is 3.60. The average Bonchev–Trinajstić information content (AvgIpc) is 3.72. The number of hydrogen-bond acceptors (Lipinski definition) is 6. The Morgan fingerprint density at radius 1 is 0.405 bits per heavy atom. The minimum Gasteiger partial charge on any atom is -0.357 e. The standard InChI is InChI=1S/C33H18N8.Cu/c1-17-14-15-24-25(16-17)33-40-31-23-13-7-6-12-22(23)29(38-31)36-27-19-9-3-2-8-18(19)26(34-27)35-28-20-10-4-5-11-21(20)30(37-28)39-32(24)41-33;/h2-16H,1H3;/q-2;+2. The maximum absolute atomic E-state index is 4.99. The van der Waals surface area contributed by atoms with Crippen molar-refractivity contribution in [3.63, 3.8) is 0 Å². The number of aromatic nitrogens is 8. The van der Waals surface area contributed by atoms with Crippen LogP contribution in [0.15, 0.2) is 91.0 Å². The summed E-state index contributed by atoms with van der Waals surface area (Å²) in [4.78, 5) is 39.5. The van der Waals surface area contributed by atoms with E-state index in [0.717, 1.165) is 49.4 Å². The fourth-order valence-corrected chi connectivity index (χ4v) is 5.62. The fourth-order valence-electron chi connectivity index (χ4n) is 5.62. The summed E-state index contributed by atoms with van der Waals surface area (Å²) in [6.45, 7) is 2.06. The van der Waals surface area contributed by atoms with Gasteiger partial charge >= 0.3 is 17.1 Å². The van der Waals surface area contributed by atoms with Crippen molar-refractivity contribution >= 4 is 44.1 Å². The summed E-state index contributed by atoms with van der Waals surface area (Å²) in [7, 11) is 0. The largest absolute Gasteiger partial charge is 2.00 e. The van der Waals surface area contributed by atoms with E-state index in [2.05, 4.69) is 19.1 Å². The summed E-state index contributed by atoms with van der Waals surface area (Å²) in [6.07, 6.45) is 0. The van der Waals surface area contributed by atoms with Crippen LogP contribution in [0.3, 0.4) is 0 Å². The van der Waals surface area contributed by atoms with Gasteiger partial charge < -0.3 is 29.9 Å². The monoisotopic (exact) mass is 589 g/mol. The first kappa shape index (κ1) is 24.5. The van der Waals surface area contributed by atoms with Crippen LogP contribution in [0, 0.1) is 6.92 Å². The van der Waals surface area contributed by atoms with E-state index in [1.54, 1.807) is 0 Å². The third-order valence-corrected chi connectivity index (χ3v) is 7.58. The Labute approximate surface area is 249 Å². The second-order valence-corrected chi connectivity index (χ2v) is 10.2. The number of fused-ring (bicyclic) bond motifs is 20. The van der Waals surface area contributed by atoms with E-state index in [9.17, 15) is 0 Å². The topological polar surface area (TPSA) is 106 Å². The zero-order valence-corrected chi connectivity index (χ0v) is 23.0. The molecule has 0 aliphatic carbocycles. The van der Waals surface area contributed by atoms with Gasteiger partial charge in [0.1, 0.15) is 0 Å². The number of nitrogens with zero attached hydrogens (tertiary/aromatic N) is 8. The molecule has 0 atom stereocenters. The molecular weight excluding hydrogens is 572 g/mol. The number of benzene rings is 4. The summed E-state index contributed by atoms with van der Waals surface area (Å²) in [6, 6.07) is 30.1. The van der Waals surface area contributed by atoms with E-state index in [4.69, 9.17) is 39.9 Å². The van der Waals surface area contributed by atoms with Gasteiger partial charge in [0, 0.05) is 44.8 Å². The average molecular weight is 590 g/mol. The van der Waals surface area contributed by atoms with Crippen LogP contribution in [0.1, 0.15) is 5.56 Å². The van der Waals surface area contributed by atoms with Crippen LogP contribution in [0.4, 0.5) is 0 Å². The molecule has 9 heteroatoms. The van der Waals surface area contributed by atoms with Gasteiger partial charge in [0.2, 0.25) is 0 Å². The Kier molecular flexibility index (Phi) is 5.34. The van der Waals surface area contributed by atoms with E-state index < -0.39 is 0 Å². The van der Waals surface area contributed by atoms with E-state index in [-0.39, 0.29) is 17.1 Å². The van der Waals surface area contributed by atoms with Gasteiger partial charge in [-0.25, -0.2) is 9.97 Å². The van der Waals surface area contributed by atoms with Gasteiger partial charge in [-0.15, -0.1) is 0 Å². The number of rotatable bonds is 0. The van der Waals surface area contributed by atoms with Crippen molar-refractivity contribution in [2.45, 2.75) is 6.92 Å². The first-order valence-corrected chi connectivity index (χ1v) is 13.3. The van der Waals surface area contributed by atoms with Crippen molar-refractivity contribution in [2.24, 2.45) is 0 Å². The third-order valence-electron chi connectivity index (χ3n) is 7.58. The van der Waals surface area contributed by atoms with Crippen LogP contribution < -0.4 is 9.97 Å². The van der Waals surface area contributed by atoms with E-state index in [0.29, 0.717) is 45.9 Å². The number of aryl methyl sites for hydroxylation is 1. The van der Waals surface area contributed by atoms with E-state index in [1.807, 2.05) is 78.9 Å². The first-order chi connectivity index (χ1) is 20.2. The minimum absolute atomic E-state index is 0. The molecule has 2 aliphatic rings. The minimum atomic E-state index is 0. The molecule has 201 valence electrons. The van der Waals surface area contributed by atoms with Gasteiger partial charge in [-0.3, -0.25) is 0 Å². The Hall–Kier alpha value is -5.24. The zero-order chi connectivity index (χ0) is 27.1. The molecule has 9 rings (SSSR count). The van der Waals surface area contributed by atoms with Gasteiger partial charge in [0.15, 0.2) is 0 Å². The summed E-state index contributed by atoms with van der Waals surface area (Å²) in [5.41, 5.74) is 6.91. The normalized spacial score (nSPS) is 11.7. The molecule has 0 unspecified atom stereocenters. The smallest absolute Gasteiger partial charge is 0.357 e. The molecular formula is C33H18CuN8. The maximum atomic E-state index is 4.99. The van der Waals surface area contributed by atoms with E-state index in [1.165, 1.54) is 0 Å². The van der Waals surface area contributed by atoms with Crippen LogP contribution in [0.25, 0.3) is 89.7 Å². The molecule has 5 heterocycles. The van der Waals surface area contributed by atoms with Gasteiger partial charge in [-0.05, 0) is 28.5 Å². The zero-order valence-electron chi connectivity index (χ0n) is 22.0. The molecule has 8 bridgehead atoms. The Morgan fingerprint density at radius 3 is 1.19 bits per heavy atom. The molecule has 0 saturated heterocycles. The maximum Gasteiger partial charge on any atom is 2.00 e. The molecule has 0 saturated carbocycles. The van der Waals surface area contributed by atoms with Crippen molar-refractivity contribution in [1.29, 1.82) is 0 Å². The van der Waals surface area contributed by atoms with Crippen LogP contribution in [0.2, 0.25) is 0 Å². The fraction of sp³-hybridized carbons (Fsp3) is 0.0303. The number of hydrogen-bond donors (Lipinski definition) is 0. The van der Waals surface area contributed by atoms with Crippen molar-refractivity contribution in [3.8, 4) is 45.6 Å². The quantitative estimate of drug-likeness (QED) is 0.186. The first-order valence-electron chi connectivity index (χ1n) is 13.3. The van der Waals surface area contributed by atoms with Gasteiger partial charge in [0.25, 0.3) is 0 Å². The molecule has 3 aromatic heterocycles. The van der Waals surface area contributed by atoms with Crippen molar-refractivity contribution < 1.29 is 17.1 Å². The van der Waals surface area contributed by atoms with Crippen molar-refractivity contribution in [3.05, 3.63) is 96.6 Å². The predicted molar refractivity (Wildman–Crippen MR) is 159 cm³/mol. The molecule has 1 radical (unpaired) electrons.